The largest absolute Gasteiger partial charge is 0.768 e. The first-order valence-electron chi connectivity index (χ1n) is 6.38. The van der Waals surface area contributed by atoms with Gasteiger partial charge in [0, 0.05) is 29.4 Å². The molecule has 0 radical (unpaired) electrons. The Morgan fingerprint density at radius 3 is 2.73 bits per heavy atom. The molecule has 0 amide bonds. The van der Waals surface area contributed by atoms with Gasteiger partial charge in [-0.05, 0) is 31.0 Å². The molecule has 0 fully saturated rings. The molecular weight excluding hydrogens is 306 g/mol. The van der Waals surface area contributed by atoms with Crippen molar-refractivity contribution in [2.75, 3.05) is 0 Å². The van der Waals surface area contributed by atoms with Gasteiger partial charge in [0.15, 0.2) is 5.52 Å². The second-order valence-electron chi connectivity index (χ2n) is 4.86. The van der Waals surface area contributed by atoms with Crippen LogP contribution in [-0.2, 0) is 18.1 Å². The monoisotopic (exact) mass is 318 g/mol. The number of hydrogen-bond donors (Lipinski definition) is 1. The van der Waals surface area contributed by atoms with Crippen molar-refractivity contribution in [3.05, 3.63) is 34.0 Å². The van der Waals surface area contributed by atoms with Crippen LogP contribution in [-0.4, -0.2) is 33.5 Å². The summed E-state index contributed by atoms with van der Waals surface area (Å²) in [5.74, 6) is 0.269. The van der Waals surface area contributed by atoms with Gasteiger partial charge in [-0.15, -0.1) is 0 Å². The van der Waals surface area contributed by atoms with E-state index in [0.717, 1.165) is 5.69 Å². The normalized spacial score (nSPS) is 12.7. The summed E-state index contributed by atoms with van der Waals surface area (Å²) in [6, 6.07) is 1.43. The van der Waals surface area contributed by atoms with Gasteiger partial charge in [0.25, 0.3) is 5.56 Å². The molecule has 0 aliphatic heterocycles. The molecule has 9 heteroatoms. The van der Waals surface area contributed by atoms with Gasteiger partial charge < -0.3 is 9.54 Å². The molecule has 0 saturated heterocycles. The topological polar surface area (TPSA) is 117 Å². The highest BCUT2D eigenvalue weighted by molar-refractivity contribution is 7.79. The number of fused-ring (bicyclic) bond motifs is 1. The van der Waals surface area contributed by atoms with Crippen molar-refractivity contribution in [2.24, 2.45) is 7.05 Å². The molecule has 1 atom stereocenters. The average molecular weight is 318 g/mol. The standard InChI is InChI=1S/C13H13N5O3S/c1-6-9(4-8(5-14-6)22(20)21)12-15-10-7(2)18(3)17-11(10)13(19)16-12/h4-5H,1-3H3,(H,20,21)(H,15,16,19)/p-1. The van der Waals surface area contributed by atoms with Crippen LogP contribution in [0, 0.1) is 13.8 Å². The Morgan fingerprint density at radius 1 is 1.32 bits per heavy atom. The highest BCUT2D eigenvalue weighted by Gasteiger charge is 2.14. The van der Waals surface area contributed by atoms with Gasteiger partial charge in [-0.2, -0.15) is 5.10 Å². The van der Waals surface area contributed by atoms with Crippen molar-refractivity contribution in [2.45, 2.75) is 18.7 Å². The van der Waals surface area contributed by atoms with Crippen LogP contribution in [0.5, 0.6) is 0 Å². The van der Waals surface area contributed by atoms with Gasteiger partial charge in [0.1, 0.15) is 11.3 Å². The number of pyridine rings is 1. The summed E-state index contributed by atoms with van der Waals surface area (Å²) >= 11 is -2.40. The number of aromatic amines is 1. The third-order valence-corrected chi connectivity index (χ3v) is 4.09. The fraction of sp³-hybridized carbons (Fsp3) is 0.231. The number of nitrogens with zero attached hydrogens (tertiary/aromatic N) is 4. The van der Waals surface area contributed by atoms with Gasteiger partial charge in [0.2, 0.25) is 0 Å². The summed E-state index contributed by atoms with van der Waals surface area (Å²) in [6.07, 6.45) is 1.26. The van der Waals surface area contributed by atoms with Crippen molar-refractivity contribution >= 4 is 22.1 Å². The van der Waals surface area contributed by atoms with Crippen LogP contribution in [0.1, 0.15) is 11.4 Å². The zero-order valence-electron chi connectivity index (χ0n) is 12.1. The first kappa shape index (κ1) is 14.5. The SMILES string of the molecule is Cc1ncc(S(=O)[O-])cc1-c1nc2c(C)n(C)nc2c(=O)[nH]1. The van der Waals surface area contributed by atoms with E-state index in [1.165, 1.54) is 12.3 Å². The summed E-state index contributed by atoms with van der Waals surface area (Å²) in [6.45, 7) is 3.52. The summed E-state index contributed by atoms with van der Waals surface area (Å²) in [5.41, 5.74) is 2.13. The molecule has 8 nitrogen and oxygen atoms in total. The molecule has 0 saturated carbocycles. The minimum absolute atomic E-state index is 0.0336. The summed E-state index contributed by atoms with van der Waals surface area (Å²) in [4.78, 5) is 23.3. The summed E-state index contributed by atoms with van der Waals surface area (Å²) < 4.78 is 23.7. The molecule has 114 valence electrons. The molecule has 0 spiro atoms. The third kappa shape index (κ3) is 2.24. The number of nitrogens with one attached hydrogen (secondary N) is 1. The van der Waals surface area contributed by atoms with Gasteiger partial charge in [-0.1, -0.05) is 0 Å². The lowest BCUT2D eigenvalue weighted by atomic mass is 10.2. The molecule has 1 unspecified atom stereocenters. The van der Waals surface area contributed by atoms with Gasteiger partial charge in [-0.3, -0.25) is 18.7 Å². The Labute approximate surface area is 127 Å². The van der Waals surface area contributed by atoms with Crippen LogP contribution >= 0.6 is 0 Å². The van der Waals surface area contributed by atoms with E-state index in [1.54, 1.807) is 25.6 Å². The molecule has 0 aliphatic carbocycles. The summed E-state index contributed by atoms with van der Waals surface area (Å²) in [7, 11) is 1.73. The third-order valence-electron chi connectivity index (χ3n) is 3.48. The van der Waals surface area contributed by atoms with Gasteiger partial charge in [0.05, 0.1) is 5.69 Å². The molecule has 3 aromatic rings. The van der Waals surface area contributed by atoms with Crippen molar-refractivity contribution < 1.29 is 8.76 Å². The molecule has 0 aromatic carbocycles. The number of aromatic nitrogens is 5. The minimum Gasteiger partial charge on any atom is -0.768 e. The van der Waals surface area contributed by atoms with Crippen molar-refractivity contribution in [1.82, 2.24) is 24.7 Å². The fourth-order valence-electron chi connectivity index (χ4n) is 2.16. The van der Waals surface area contributed by atoms with E-state index in [-0.39, 0.29) is 21.8 Å². The maximum Gasteiger partial charge on any atom is 0.279 e. The first-order chi connectivity index (χ1) is 10.4. The predicted octanol–water partition coefficient (Wildman–Crippen LogP) is 0.573. The van der Waals surface area contributed by atoms with Crippen LogP contribution in [0.2, 0.25) is 0 Å². The molecule has 3 heterocycles. The maximum atomic E-state index is 12.2. The van der Waals surface area contributed by atoms with E-state index >= 15 is 0 Å². The first-order valence-corrected chi connectivity index (χ1v) is 7.46. The quantitative estimate of drug-likeness (QED) is 0.691. The fourth-order valence-corrected chi connectivity index (χ4v) is 2.52. The van der Waals surface area contributed by atoms with E-state index in [0.29, 0.717) is 16.8 Å². The van der Waals surface area contributed by atoms with E-state index in [9.17, 15) is 13.6 Å². The zero-order chi connectivity index (χ0) is 16.0. The maximum absolute atomic E-state index is 12.2. The van der Waals surface area contributed by atoms with Crippen molar-refractivity contribution in [3.8, 4) is 11.4 Å². The van der Waals surface area contributed by atoms with E-state index in [4.69, 9.17) is 0 Å². The van der Waals surface area contributed by atoms with Crippen LogP contribution in [0.15, 0.2) is 22.0 Å². The Bertz CT molecular complexity index is 976. The van der Waals surface area contributed by atoms with E-state index in [2.05, 4.69) is 20.1 Å². The average Bonchev–Trinajstić information content (AvgIpc) is 2.76. The number of H-pyrrole nitrogens is 1. The van der Waals surface area contributed by atoms with Crippen LogP contribution < -0.4 is 5.56 Å². The van der Waals surface area contributed by atoms with Crippen LogP contribution in [0.3, 0.4) is 0 Å². The molecular formula is C13H12N5O3S-. The van der Waals surface area contributed by atoms with E-state index < -0.39 is 11.1 Å². The summed E-state index contributed by atoms with van der Waals surface area (Å²) in [5, 5.41) is 4.11. The number of hydrogen-bond acceptors (Lipinski definition) is 6. The van der Waals surface area contributed by atoms with Crippen LogP contribution in [0.4, 0.5) is 0 Å². The smallest absolute Gasteiger partial charge is 0.279 e. The molecule has 0 aliphatic rings. The van der Waals surface area contributed by atoms with Crippen LogP contribution in [0.25, 0.3) is 22.4 Å². The Hall–Kier alpha value is -2.39. The molecule has 22 heavy (non-hydrogen) atoms. The minimum atomic E-state index is -2.40. The Balaban J connectivity index is 2.31. The highest BCUT2D eigenvalue weighted by Crippen LogP contribution is 2.22. The Kier molecular flexibility index (Phi) is 3.38. The Morgan fingerprint density at radius 2 is 2.05 bits per heavy atom. The predicted molar refractivity (Wildman–Crippen MR) is 79.0 cm³/mol. The second kappa shape index (κ2) is 5.11. The zero-order valence-corrected chi connectivity index (χ0v) is 12.9. The van der Waals surface area contributed by atoms with Gasteiger partial charge >= 0.3 is 0 Å². The highest BCUT2D eigenvalue weighted by atomic mass is 32.2. The van der Waals surface area contributed by atoms with Crippen molar-refractivity contribution in [1.29, 1.82) is 0 Å². The lowest BCUT2D eigenvalue weighted by Gasteiger charge is -2.09. The molecule has 3 rings (SSSR count). The molecule has 1 N–H and O–H groups in total. The number of aryl methyl sites for hydroxylation is 3. The van der Waals surface area contributed by atoms with E-state index in [1.807, 2.05) is 0 Å². The number of rotatable bonds is 2. The second-order valence-corrected chi connectivity index (χ2v) is 5.80. The molecule has 3 aromatic heterocycles. The van der Waals surface area contributed by atoms with Gasteiger partial charge in [-0.25, -0.2) is 4.98 Å². The molecule has 0 bridgehead atoms. The lowest BCUT2D eigenvalue weighted by molar-refractivity contribution is 0.536. The lowest BCUT2D eigenvalue weighted by Crippen LogP contribution is -2.10. The van der Waals surface area contributed by atoms with Crippen molar-refractivity contribution in [3.63, 3.8) is 0 Å².